The van der Waals surface area contributed by atoms with E-state index >= 15 is 0 Å². The summed E-state index contributed by atoms with van der Waals surface area (Å²) in [6.07, 6.45) is 1.10. The molecule has 0 unspecified atom stereocenters. The fraction of sp³-hybridized carbons (Fsp3) is 0.600. The Morgan fingerprint density at radius 1 is 1.29 bits per heavy atom. The Labute approximate surface area is 85.2 Å². The highest BCUT2D eigenvalue weighted by Crippen LogP contribution is 2.20. The van der Waals surface area contributed by atoms with Gasteiger partial charge in [-0.2, -0.15) is 0 Å². The van der Waals surface area contributed by atoms with Crippen molar-refractivity contribution in [2.75, 3.05) is 24.2 Å². The number of anilines is 2. The molecule has 78 valence electrons. The van der Waals surface area contributed by atoms with Crippen LogP contribution in [0.15, 0.2) is 0 Å². The highest BCUT2D eigenvalue weighted by atomic mass is 15.2. The molecule has 0 spiro atoms. The topological polar surface area (TPSA) is 55.0 Å². The van der Waals surface area contributed by atoms with Gasteiger partial charge in [0.1, 0.15) is 17.5 Å². The molecule has 0 aliphatic heterocycles. The highest BCUT2D eigenvalue weighted by Gasteiger charge is 2.09. The Morgan fingerprint density at radius 3 is 2.50 bits per heavy atom. The van der Waals surface area contributed by atoms with E-state index in [0.29, 0.717) is 5.82 Å². The monoisotopic (exact) mass is 194 g/mol. The van der Waals surface area contributed by atoms with Crippen molar-refractivity contribution in [1.29, 1.82) is 0 Å². The molecule has 0 aromatic carbocycles. The number of hydrogen-bond acceptors (Lipinski definition) is 4. The maximum Gasteiger partial charge on any atom is 0.137 e. The lowest BCUT2D eigenvalue weighted by molar-refractivity contribution is 0.824. The van der Waals surface area contributed by atoms with Crippen LogP contribution < -0.4 is 10.6 Å². The first-order valence-electron chi connectivity index (χ1n) is 4.88. The van der Waals surface area contributed by atoms with E-state index in [9.17, 15) is 0 Å². The Hall–Kier alpha value is -1.32. The molecule has 0 atom stereocenters. The second-order valence-electron chi connectivity index (χ2n) is 3.53. The van der Waals surface area contributed by atoms with E-state index in [4.69, 9.17) is 5.73 Å². The van der Waals surface area contributed by atoms with Crippen LogP contribution in [0.3, 0.4) is 0 Å². The minimum absolute atomic E-state index is 0.579. The van der Waals surface area contributed by atoms with Crippen molar-refractivity contribution >= 4 is 11.6 Å². The first-order chi connectivity index (χ1) is 6.56. The summed E-state index contributed by atoms with van der Waals surface area (Å²) in [6.45, 7) is 6.94. The van der Waals surface area contributed by atoms with Gasteiger partial charge in [0.05, 0.1) is 0 Å². The van der Waals surface area contributed by atoms with Crippen LogP contribution in [0.25, 0.3) is 0 Å². The van der Waals surface area contributed by atoms with Gasteiger partial charge in [-0.05, 0) is 20.3 Å². The molecule has 0 aliphatic carbocycles. The summed E-state index contributed by atoms with van der Waals surface area (Å²) >= 11 is 0. The Morgan fingerprint density at radius 2 is 1.93 bits per heavy atom. The minimum atomic E-state index is 0.579. The van der Waals surface area contributed by atoms with Crippen LogP contribution in [0.1, 0.15) is 24.7 Å². The van der Waals surface area contributed by atoms with Gasteiger partial charge >= 0.3 is 0 Å². The summed E-state index contributed by atoms with van der Waals surface area (Å²) in [4.78, 5) is 10.6. The van der Waals surface area contributed by atoms with Gasteiger partial charge in [0.25, 0.3) is 0 Å². The lowest BCUT2D eigenvalue weighted by Crippen LogP contribution is -2.21. The van der Waals surface area contributed by atoms with Crippen molar-refractivity contribution in [3.8, 4) is 0 Å². The van der Waals surface area contributed by atoms with Gasteiger partial charge in [-0.1, -0.05) is 6.92 Å². The lowest BCUT2D eigenvalue weighted by Gasteiger charge is -2.20. The molecule has 1 aromatic heterocycles. The van der Waals surface area contributed by atoms with Crippen LogP contribution >= 0.6 is 0 Å². The zero-order valence-corrected chi connectivity index (χ0v) is 9.33. The Bertz CT molecular complexity index is 322. The maximum atomic E-state index is 5.78. The SMILES string of the molecule is CCCN(C)c1nc(C)nc(N)c1C. The number of hydrogen-bond donors (Lipinski definition) is 1. The van der Waals surface area contributed by atoms with Gasteiger partial charge in [0.2, 0.25) is 0 Å². The minimum Gasteiger partial charge on any atom is -0.383 e. The fourth-order valence-corrected chi connectivity index (χ4v) is 1.45. The van der Waals surface area contributed by atoms with E-state index in [-0.39, 0.29) is 0 Å². The van der Waals surface area contributed by atoms with Crippen molar-refractivity contribution in [3.05, 3.63) is 11.4 Å². The largest absolute Gasteiger partial charge is 0.383 e. The van der Waals surface area contributed by atoms with Crippen LogP contribution in [-0.4, -0.2) is 23.6 Å². The third-order valence-electron chi connectivity index (χ3n) is 2.19. The predicted octanol–water partition coefficient (Wildman–Crippen LogP) is 1.52. The number of nitrogen functional groups attached to an aromatic ring is 1. The van der Waals surface area contributed by atoms with Crippen molar-refractivity contribution in [3.63, 3.8) is 0 Å². The van der Waals surface area contributed by atoms with E-state index in [2.05, 4.69) is 21.8 Å². The molecule has 0 radical (unpaired) electrons. The van der Waals surface area contributed by atoms with Gasteiger partial charge in [-0.25, -0.2) is 9.97 Å². The smallest absolute Gasteiger partial charge is 0.137 e. The Kier molecular flexibility index (Phi) is 3.28. The summed E-state index contributed by atoms with van der Waals surface area (Å²) < 4.78 is 0. The number of nitrogens with two attached hydrogens (primary N) is 1. The number of nitrogens with zero attached hydrogens (tertiary/aromatic N) is 3. The predicted molar refractivity (Wildman–Crippen MR) is 59.5 cm³/mol. The van der Waals surface area contributed by atoms with Crippen molar-refractivity contribution in [2.45, 2.75) is 27.2 Å². The van der Waals surface area contributed by atoms with Gasteiger partial charge in [0.15, 0.2) is 0 Å². The molecular weight excluding hydrogens is 176 g/mol. The average Bonchev–Trinajstić information content (AvgIpc) is 2.11. The summed E-state index contributed by atoms with van der Waals surface area (Å²) in [5, 5.41) is 0. The van der Waals surface area contributed by atoms with Crippen molar-refractivity contribution in [1.82, 2.24) is 9.97 Å². The molecule has 14 heavy (non-hydrogen) atoms. The standard InChI is InChI=1S/C10H18N4/c1-5-6-14(4)10-7(2)9(11)12-8(3)13-10/h5-6H2,1-4H3,(H2,11,12,13). The molecule has 2 N–H and O–H groups in total. The second kappa shape index (κ2) is 4.26. The number of rotatable bonds is 3. The van der Waals surface area contributed by atoms with Crippen LogP contribution in [0.2, 0.25) is 0 Å². The average molecular weight is 194 g/mol. The third kappa shape index (κ3) is 2.13. The second-order valence-corrected chi connectivity index (χ2v) is 3.53. The summed E-state index contributed by atoms with van der Waals surface area (Å²) in [5.41, 5.74) is 6.74. The molecule has 4 heteroatoms. The first-order valence-corrected chi connectivity index (χ1v) is 4.88. The number of aryl methyl sites for hydroxylation is 1. The van der Waals surface area contributed by atoms with Crippen molar-refractivity contribution in [2.24, 2.45) is 0 Å². The molecule has 0 saturated heterocycles. The van der Waals surface area contributed by atoms with Gasteiger partial charge in [-0.3, -0.25) is 0 Å². The first kappa shape index (κ1) is 10.8. The van der Waals surface area contributed by atoms with E-state index in [1.54, 1.807) is 0 Å². The molecule has 4 nitrogen and oxygen atoms in total. The zero-order chi connectivity index (χ0) is 10.7. The number of aromatic nitrogens is 2. The summed E-state index contributed by atoms with van der Waals surface area (Å²) in [6, 6.07) is 0. The van der Waals surface area contributed by atoms with Crippen LogP contribution in [0.4, 0.5) is 11.6 Å². The maximum absolute atomic E-state index is 5.78. The molecule has 1 rings (SSSR count). The summed E-state index contributed by atoms with van der Waals surface area (Å²) in [5.74, 6) is 2.25. The Balaban J connectivity index is 3.07. The van der Waals surface area contributed by atoms with E-state index in [1.807, 2.05) is 20.9 Å². The summed E-state index contributed by atoms with van der Waals surface area (Å²) in [7, 11) is 2.03. The molecule has 0 aliphatic rings. The van der Waals surface area contributed by atoms with Crippen LogP contribution in [0, 0.1) is 13.8 Å². The zero-order valence-electron chi connectivity index (χ0n) is 9.33. The normalized spacial score (nSPS) is 10.3. The highest BCUT2D eigenvalue weighted by molar-refractivity contribution is 5.55. The molecule has 1 aromatic rings. The molecule has 0 amide bonds. The molecule has 0 fully saturated rings. The van der Waals surface area contributed by atoms with E-state index in [0.717, 1.165) is 30.2 Å². The van der Waals surface area contributed by atoms with Crippen LogP contribution in [0.5, 0.6) is 0 Å². The lowest BCUT2D eigenvalue weighted by atomic mass is 10.3. The van der Waals surface area contributed by atoms with E-state index in [1.165, 1.54) is 0 Å². The van der Waals surface area contributed by atoms with Crippen LogP contribution in [-0.2, 0) is 0 Å². The van der Waals surface area contributed by atoms with Gasteiger partial charge in [-0.15, -0.1) is 0 Å². The van der Waals surface area contributed by atoms with Crippen molar-refractivity contribution < 1.29 is 0 Å². The molecule has 0 bridgehead atoms. The van der Waals surface area contributed by atoms with Gasteiger partial charge < -0.3 is 10.6 Å². The third-order valence-corrected chi connectivity index (χ3v) is 2.19. The quantitative estimate of drug-likeness (QED) is 0.792. The van der Waals surface area contributed by atoms with E-state index < -0.39 is 0 Å². The molecular formula is C10H18N4. The van der Waals surface area contributed by atoms with Gasteiger partial charge in [0, 0.05) is 19.2 Å². The molecule has 0 saturated carbocycles. The molecule has 1 heterocycles. The fourth-order valence-electron chi connectivity index (χ4n) is 1.45.